The van der Waals surface area contributed by atoms with E-state index in [4.69, 9.17) is 33.3 Å². The van der Waals surface area contributed by atoms with Crippen molar-refractivity contribution in [3.8, 4) is 11.5 Å². The van der Waals surface area contributed by atoms with Gasteiger partial charge < -0.3 is 9.47 Å². The van der Waals surface area contributed by atoms with E-state index in [0.29, 0.717) is 45.5 Å². The molecule has 1 saturated heterocycles. The molecule has 3 aromatic rings. The lowest BCUT2D eigenvalue weighted by molar-refractivity contribution is -0.122. The molecular weight excluding hydrogens is 576 g/mol. The predicted molar refractivity (Wildman–Crippen MR) is 153 cm³/mol. The Labute approximate surface area is 234 Å². The average molecular weight is 600 g/mol. The number of hydrogen-bond donors (Lipinski definition) is 1. The van der Waals surface area contributed by atoms with Crippen molar-refractivity contribution < 1.29 is 19.1 Å². The largest absolute Gasteiger partial charge is 0.490 e. The van der Waals surface area contributed by atoms with Gasteiger partial charge in [0.05, 0.1) is 12.3 Å². The van der Waals surface area contributed by atoms with Crippen molar-refractivity contribution in [1.82, 2.24) is 5.32 Å². The number of carbonyl (C=O) groups excluding carboxylic acids is 2. The van der Waals surface area contributed by atoms with Gasteiger partial charge in [0, 0.05) is 9.50 Å². The first-order chi connectivity index (χ1) is 17.8. The lowest BCUT2D eigenvalue weighted by atomic mass is 10.1. The van der Waals surface area contributed by atoms with Crippen molar-refractivity contribution in [2.75, 3.05) is 11.5 Å². The zero-order valence-electron chi connectivity index (χ0n) is 20.2. The van der Waals surface area contributed by atoms with Gasteiger partial charge in [-0.3, -0.25) is 19.8 Å². The van der Waals surface area contributed by atoms with Crippen LogP contribution in [-0.4, -0.2) is 23.5 Å². The second kappa shape index (κ2) is 11.9. The second-order valence-corrected chi connectivity index (χ2v) is 9.82. The van der Waals surface area contributed by atoms with Crippen molar-refractivity contribution in [1.29, 1.82) is 0 Å². The summed E-state index contributed by atoms with van der Waals surface area (Å²) in [5, 5.41) is 3.31. The van der Waals surface area contributed by atoms with E-state index < -0.39 is 11.8 Å². The molecule has 2 amide bonds. The summed E-state index contributed by atoms with van der Waals surface area (Å²) >= 11 is 14.8. The van der Waals surface area contributed by atoms with Crippen LogP contribution in [0.15, 0.2) is 70.7 Å². The van der Waals surface area contributed by atoms with Gasteiger partial charge in [0.25, 0.3) is 11.8 Å². The third-order valence-corrected chi connectivity index (χ3v) is 6.90. The van der Waals surface area contributed by atoms with Gasteiger partial charge in [-0.2, -0.15) is 0 Å². The molecule has 1 aliphatic heterocycles. The van der Waals surface area contributed by atoms with Gasteiger partial charge in [0.1, 0.15) is 12.2 Å². The molecular formula is C28H24BrClN2O4S. The van der Waals surface area contributed by atoms with Gasteiger partial charge in [0.2, 0.25) is 0 Å². The lowest BCUT2D eigenvalue weighted by Gasteiger charge is -2.29. The van der Waals surface area contributed by atoms with Crippen LogP contribution in [0.25, 0.3) is 6.08 Å². The Morgan fingerprint density at radius 1 is 0.973 bits per heavy atom. The molecule has 37 heavy (non-hydrogen) atoms. The SMILES string of the molecule is CCOc1cc(/C=C2\C(=O)NC(=S)N(c3ccc(CC)cc3)C2=O)c(Br)cc1OCc1ccc(Cl)cc1. The maximum absolute atomic E-state index is 13.4. The number of carbonyl (C=O) groups is 2. The van der Waals surface area contributed by atoms with Gasteiger partial charge in [-0.1, -0.05) is 58.7 Å². The number of nitrogens with one attached hydrogen (secondary N) is 1. The first-order valence-electron chi connectivity index (χ1n) is 11.6. The predicted octanol–water partition coefficient (Wildman–Crippen LogP) is 6.47. The van der Waals surface area contributed by atoms with Crippen LogP contribution < -0.4 is 19.7 Å². The molecule has 1 fully saturated rings. The molecule has 0 aromatic heterocycles. The molecule has 1 heterocycles. The van der Waals surface area contributed by atoms with Crippen LogP contribution in [-0.2, 0) is 22.6 Å². The minimum Gasteiger partial charge on any atom is -0.490 e. The minimum atomic E-state index is -0.565. The molecule has 9 heteroatoms. The number of amides is 2. The molecule has 1 aliphatic rings. The molecule has 0 spiro atoms. The van der Waals surface area contributed by atoms with E-state index in [1.165, 1.54) is 11.0 Å². The summed E-state index contributed by atoms with van der Waals surface area (Å²) in [6.07, 6.45) is 2.39. The summed E-state index contributed by atoms with van der Waals surface area (Å²) in [6.45, 7) is 4.64. The molecule has 0 atom stereocenters. The Kier molecular flexibility index (Phi) is 8.63. The van der Waals surface area contributed by atoms with Crippen LogP contribution in [0.5, 0.6) is 11.5 Å². The fourth-order valence-electron chi connectivity index (χ4n) is 3.71. The molecule has 6 nitrogen and oxygen atoms in total. The van der Waals surface area contributed by atoms with Crippen LogP contribution >= 0.6 is 39.7 Å². The number of nitrogens with zero attached hydrogens (tertiary/aromatic N) is 1. The van der Waals surface area contributed by atoms with Crippen molar-refractivity contribution in [3.05, 3.63) is 92.4 Å². The molecule has 0 aliphatic carbocycles. The quantitative estimate of drug-likeness (QED) is 0.183. The smallest absolute Gasteiger partial charge is 0.270 e. The summed E-state index contributed by atoms with van der Waals surface area (Å²) < 4.78 is 12.4. The number of thiocarbonyl (C=S) groups is 1. The first-order valence-corrected chi connectivity index (χ1v) is 13.2. The van der Waals surface area contributed by atoms with E-state index in [1.54, 1.807) is 24.3 Å². The molecule has 0 radical (unpaired) electrons. The Balaban J connectivity index is 1.64. The van der Waals surface area contributed by atoms with E-state index >= 15 is 0 Å². The standard InChI is InChI=1S/C28H24BrClN2O4S/c1-3-17-7-11-21(12-8-17)32-27(34)22(26(33)31-28(32)37)13-19-14-24(35-4-2)25(15-23(19)29)36-16-18-5-9-20(30)10-6-18/h5-15H,3-4,16H2,1-2H3,(H,31,33,37)/b22-13+. The Morgan fingerprint density at radius 3 is 2.27 bits per heavy atom. The molecule has 1 N–H and O–H groups in total. The number of ether oxygens (including phenoxy) is 2. The maximum atomic E-state index is 13.4. The third-order valence-electron chi connectivity index (χ3n) is 5.67. The van der Waals surface area contributed by atoms with E-state index in [1.807, 2.05) is 43.3 Å². The fraction of sp³-hybridized carbons (Fsp3) is 0.179. The highest BCUT2D eigenvalue weighted by molar-refractivity contribution is 9.10. The van der Waals surface area contributed by atoms with Crippen LogP contribution in [0, 0.1) is 0 Å². The van der Waals surface area contributed by atoms with Crippen LogP contribution in [0.2, 0.25) is 5.02 Å². The number of anilines is 1. The summed E-state index contributed by atoms with van der Waals surface area (Å²) in [6, 6.07) is 18.3. The Morgan fingerprint density at radius 2 is 1.62 bits per heavy atom. The van der Waals surface area contributed by atoms with Gasteiger partial charge in [-0.05, 0) is 84.7 Å². The van der Waals surface area contributed by atoms with E-state index in [9.17, 15) is 9.59 Å². The minimum absolute atomic E-state index is 0.0383. The van der Waals surface area contributed by atoms with Crippen molar-refractivity contribution >= 4 is 68.4 Å². The van der Waals surface area contributed by atoms with Crippen LogP contribution in [0.3, 0.4) is 0 Å². The Hall–Kier alpha value is -3.20. The topological polar surface area (TPSA) is 67.9 Å². The Bertz CT molecular complexity index is 1370. The summed E-state index contributed by atoms with van der Waals surface area (Å²) in [7, 11) is 0. The first kappa shape index (κ1) is 26.9. The number of hydrogen-bond acceptors (Lipinski definition) is 5. The zero-order valence-corrected chi connectivity index (χ0v) is 23.4. The zero-order chi connectivity index (χ0) is 26.5. The molecule has 0 bridgehead atoms. The van der Waals surface area contributed by atoms with Gasteiger partial charge in [-0.25, -0.2) is 0 Å². The number of halogens is 2. The second-order valence-electron chi connectivity index (χ2n) is 8.15. The molecule has 0 unspecified atom stereocenters. The van der Waals surface area contributed by atoms with Crippen molar-refractivity contribution in [3.63, 3.8) is 0 Å². The molecule has 0 saturated carbocycles. The highest BCUT2D eigenvalue weighted by atomic mass is 79.9. The van der Waals surface area contributed by atoms with Gasteiger partial charge >= 0.3 is 0 Å². The van der Waals surface area contributed by atoms with Crippen molar-refractivity contribution in [2.24, 2.45) is 0 Å². The molecule has 4 rings (SSSR count). The number of aryl methyl sites for hydroxylation is 1. The lowest BCUT2D eigenvalue weighted by Crippen LogP contribution is -2.54. The van der Waals surface area contributed by atoms with Crippen LogP contribution in [0.1, 0.15) is 30.5 Å². The van der Waals surface area contributed by atoms with Gasteiger partial charge in [-0.15, -0.1) is 0 Å². The summed E-state index contributed by atoms with van der Waals surface area (Å²) in [5.74, 6) is -0.0722. The fourth-order valence-corrected chi connectivity index (χ4v) is 4.56. The summed E-state index contributed by atoms with van der Waals surface area (Å²) in [4.78, 5) is 27.5. The monoisotopic (exact) mass is 598 g/mol. The van der Waals surface area contributed by atoms with Crippen LogP contribution in [0.4, 0.5) is 5.69 Å². The maximum Gasteiger partial charge on any atom is 0.270 e. The third kappa shape index (κ3) is 6.21. The van der Waals surface area contributed by atoms with Gasteiger partial charge in [0.15, 0.2) is 16.6 Å². The molecule has 190 valence electrons. The van der Waals surface area contributed by atoms with E-state index in [-0.39, 0.29) is 10.7 Å². The average Bonchev–Trinajstić information content (AvgIpc) is 2.88. The van der Waals surface area contributed by atoms with Crippen molar-refractivity contribution in [2.45, 2.75) is 26.9 Å². The highest BCUT2D eigenvalue weighted by Crippen LogP contribution is 2.36. The normalized spacial score (nSPS) is 14.6. The summed E-state index contributed by atoms with van der Waals surface area (Å²) in [5.41, 5.74) is 3.19. The highest BCUT2D eigenvalue weighted by Gasteiger charge is 2.34. The number of rotatable bonds is 8. The number of benzene rings is 3. The van der Waals surface area contributed by atoms with E-state index in [2.05, 4.69) is 28.2 Å². The van der Waals surface area contributed by atoms with E-state index in [0.717, 1.165) is 17.5 Å². The molecule has 3 aromatic carbocycles.